The van der Waals surface area contributed by atoms with Crippen molar-refractivity contribution < 1.29 is 19.0 Å². The lowest BCUT2D eigenvalue weighted by Crippen LogP contribution is -2.36. The standard InChI is InChI=1S/C23H21NO3.C4H9NO.H2S/c25-22-24-16-21(27-22)17-26-23(18-10-4-1-5-11-18,19-12-6-2-7-13-19)20-14-8-3-9-15-20;1-3-6-4-2-5-1;/h1-15,21H,16-17H2,(H,24,25);5H,1-4H2;1H2/t21-;;/m0../s1. The van der Waals surface area contributed by atoms with Crippen molar-refractivity contribution in [3.8, 4) is 0 Å². The highest BCUT2D eigenvalue weighted by atomic mass is 32.1. The van der Waals surface area contributed by atoms with E-state index in [4.69, 9.17) is 14.2 Å². The normalized spacial score (nSPS) is 17.4. The predicted molar refractivity (Wildman–Crippen MR) is 138 cm³/mol. The highest BCUT2D eigenvalue weighted by Gasteiger charge is 2.39. The molecule has 2 aliphatic rings. The zero-order valence-electron chi connectivity index (χ0n) is 19.1. The van der Waals surface area contributed by atoms with E-state index in [9.17, 15) is 4.79 Å². The van der Waals surface area contributed by atoms with Crippen LogP contribution in [0.5, 0.6) is 0 Å². The number of ether oxygens (including phenoxy) is 3. The van der Waals surface area contributed by atoms with E-state index in [0.29, 0.717) is 6.54 Å². The molecule has 2 aliphatic heterocycles. The second kappa shape index (κ2) is 13.2. The number of hydrogen-bond donors (Lipinski definition) is 2. The largest absolute Gasteiger partial charge is 0.442 e. The molecule has 5 rings (SSSR count). The average molecular weight is 481 g/mol. The van der Waals surface area contributed by atoms with E-state index >= 15 is 0 Å². The smallest absolute Gasteiger partial charge is 0.407 e. The van der Waals surface area contributed by atoms with Gasteiger partial charge < -0.3 is 24.8 Å². The Kier molecular flexibility index (Phi) is 9.97. The van der Waals surface area contributed by atoms with Crippen molar-refractivity contribution in [3.05, 3.63) is 108 Å². The number of carbonyl (C=O) groups excluding carboxylic acids is 1. The average Bonchev–Trinajstić information content (AvgIpc) is 3.33. The minimum Gasteiger partial charge on any atom is -0.442 e. The Labute approximate surface area is 208 Å². The zero-order valence-corrected chi connectivity index (χ0v) is 20.1. The van der Waals surface area contributed by atoms with Gasteiger partial charge in [-0.15, -0.1) is 0 Å². The summed E-state index contributed by atoms with van der Waals surface area (Å²) < 4.78 is 16.9. The van der Waals surface area contributed by atoms with Crippen molar-refractivity contribution in [1.29, 1.82) is 0 Å². The van der Waals surface area contributed by atoms with Crippen molar-refractivity contribution in [2.45, 2.75) is 11.7 Å². The van der Waals surface area contributed by atoms with Crippen molar-refractivity contribution >= 4 is 19.6 Å². The molecular formula is C27H32N2O4S. The number of morpholine rings is 1. The second-order valence-corrected chi connectivity index (χ2v) is 7.86. The lowest BCUT2D eigenvalue weighted by atomic mass is 9.80. The van der Waals surface area contributed by atoms with Crippen molar-refractivity contribution in [3.63, 3.8) is 0 Å². The lowest BCUT2D eigenvalue weighted by molar-refractivity contribution is -0.0296. The molecule has 3 aromatic carbocycles. The molecule has 0 bridgehead atoms. The molecule has 1 amide bonds. The number of nitrogens with one attached hydrogen (secondary N) is 2. The van der Waals surface area contributed by atoms with Gasteiger partial charge in [-0.05, 0) is 16.7 Å². The van der Waals surface area contributed by atoms with Gasteiger partial charge in [0, 0.05) is 13.1 Å². The summed E-state index contributed by atoms with van der Waals surface area (Å²) in [5.41, 5.74) is 2.29. The zero-order chi connectivity index (χ0) is 22.8. The summed E-state index contributed by atoms with van der Waals surface area (Å²) in [5, 5.41) is 5.84. The molecule has 0 radical (unpaired) electrons. The summed E-state index contributed by atoms with van der Waals surface area (Å²) in [6.07, 6.45) is -0.707. The first-order valence-electron chi connectivity index (χ1n) is 11.3. The van der Waals surface area contributed by atoms with E-state index in [1.54, 1.807) is 0 Å². The van der Waals surface area contributed by atoms with E-state index in [-0.39, 0.29) is 26.2 Å². The third-order valence-corrected chi connectivity index (χ3v) is 5.62. The maximum Gasteiger partial charge on any atom is 0.407 e. The molecule has 3 aromatic rings. The van der Waals surface area contributed by atoms with Crippen LogP contribution in [0.15, 0.2) is 91.0 Å². The van der Waals surface area contributed by atoms with Gasteiger partial charge >= 0.3 is 6.09 Å². The van der Waals surface area contributed by atoms with E-state index < -0.39 is 11.7 Å². The molecule has 7 heteroatoms. The van der Waals surface area contributed by atoms with Gasteiger partial charge in [0.2, 0.25) is 0 Å². The Bertz CT molecular complexity index is 877. The van der Waals surface area contributed by atoms with Crippen LogP contribution in [0.1, 0.15) is 16.7 Å². The van der Waals surface area contributed by atoms with Crippen LogP contribution >= 0.6 is 13.5 Å². The number of rotatable bonds is 6. The number of benzene rings is 3. The second-order valence-electron chi connectivity index (χ2n) is 7.86. The first-order chi connectivity index (χ1) is 16.3. The van der Waals surface area contributed by atoms with Gasteiger partial charge in [0.05, 0.1) is 26.4 Å². The van der Waals surface area contributed by atoms with E-state index in [1.807, 2.05) is 54.6 Å². The summed E-state index contributed by atoms with van der Waals surface area (Å²) in [6.45, 7) is 4.57. The van der Waals surface area contributed by atoms with Crippen LogP contribution in [0.4, 0.5) is 4.79 Å². The number of hydrogen-bond acceptors (Lipinski definition) is 5. The minimum absolute atomic E-state index is 0. The quantitative estimate of drug-likeness (QED) is 0.525. The highest BCUT2D eigenvalue weighted by molar-refractivity contribution is 7.59. The maximum absolute atomic E-state index is 11.4. The Morgan fingerprint density at radius 2 is 1.26 bits per heavy atom. The molecular weight excluding hydrogens is 448 g/mol. The van der Waals surface area contributed by atoms with Crippen molar-refractivity contribution in [2.24, 2.45) is 0 Å². The molecule has 0 aliphatic carbocycles. The van der Waals surface area contributed by atoms with Crippen LogP contribution in [0.2, 0.25) is 0 Å². The number of alkyl carbamates (subject to hydrolysis) is 1. The van der Waals surface area contributed by atoms with Gasteiger partial charge in [0.25, 0.3) is 0 Å². The molecule has 1 atom stereocenters. The van der Waals surface area contributed by atoms with Crippen LogP contribution in [0.25, 0.3) is 0 Å². The van der Waals surface area contributed by atoms with Gasteiger partial charge in [0.15, 0.2) is 0 Å². The first-order valence-corrected chi connectivity index (χ1v) is 11.3. The van der Waals surface area contributed by atoms with Crippen LogP contribution in [0.3, 0.4) is 0 Å². The Morgan fingerprint density at radius 3 is 1.59 bits per heavy atom. The van der Waals surface area contributed by atoms with Crippen molar-refractivity contribution in [2.75, 3.05) is 39.5 Å². The molecule has 6 nitrogen and oxygen atoms in total. The molecule has 0 spiro atoms. The van der Waals surface area contributed by atoms with E-state index in [0.717, 1.165) is 43.0 Å². The van der Waals surface area contributed by atoms with Crippen LogP contribution in [0, 0.1) is 0 Å². The van der Waals surface area contributed by atoms with Gasteiger partial charge in [-0.2, -0.15) is 13.5 Å². The summed E-state index contributed by atoms with van der Waals surface area (Å²) in [4.78, 5) is 11.4. The fourth-order valence-electron chi connectivity index (χ4n) is 4.03. The topological polar surface area (TPSA) is 68.8 Å². The number of amides is 1. The molecule has 2 heterocycles. The predicted octanol–water partition coefficient (Wildman–Crippen LogP) is 3.82. The molecule has 34 heavy (non-hydrogen) atoms. The summed E-state index contributed by atoms with van der Waals surface area (Å²) in [7, 11) is 0. The SMILES string of the molecule is C1COCCN1.O=C1NC[C@@H](COC(c2ccccc2)(c2ccccc2)c2ccccc2)O1.S. The van der Waals surface area contributed by atoms with Crippen LogP contribution < -0.4 is 10.6 Å². The molecule has 0 unspecified atom stereocenters. The van der Waals surface area contributed by atoms with Crippen LogP contribution in [-0.4, -0.2) is 51.7 Å². The van der Waals surface area contributed by atoms with Gasteiger partial charge in [-0.1, -0.05) is 91.0 Å². The third-order valence-electron chi connectivity index (χ3n) is 5.62. The van der Waals surface area contributed by atoms with Gasteiger partial charge in [0.1, 0.15) is 11.7 Å². The fraction of sp³-hybridized carbons (Fsp3) is 0.296. The first kappa shape index (κ1) is 25.8. The Hall–Kier alpha value is -2.84. The fourth-order valence-corrected chi connectivity index (χ4v) is 4.03. The highest BCUT2D eigenvalue weighted by Crippen LogP contribution is 2.40. The molecule has 180 valence electrons. The molecule has 2 fully saturated rings. The van der Waals surface area contributed by atoms with Gasteiger partial charge in [-0.3, -0.25) is 0 Å². The molecule has 0 aromatic heterocycles. The number of cyclic esters (lactones) is 1. The van der Waals surface area contributed by atoms with E-state index in [2.05, 4.69) is 47.0 Å². The monoisotopic (exact) mass is 480 g/mol. The minimum atomic E-state index is -0.793. The summed E-state index contributed by atoms with van der Waals surface area (Å²) >= 11 is 0. The third kappa shape index (κ3) is 6.39. The summed E-state index contributed by atoms with van der Waals surface area (Å²) in [6, 6.07) is 30.5. The van der Waals surface area contributed by atoms with Crippen LogP contribution in [-0.2, 0) is 19.8 Å². The van der Waals surface area contributed by atoms with Gasteiger partial charge in [-0.25, -0.2) is 4.79 Å². The van der Waals surface area contributed by atoms with E-state index in [1.165, 1.54) is 0 Å². The molecule has 2 N–H and O–H groups in total. The Balaban J connectivity index is 0.000000405. The molecule has 0 saturated carbocycles. The number of carbonyl (C=O) groups is 1. The van der Waals surface area contributed by atoms with Crippen molar-refractivity contribution in [1.82, 2.24) is 10.6 Å². The molecule has 2 saturated heterocycles. The summed E-state index contributed by atoms with van der Waals surface area (Å²) in [5.74, 6) is 0. The Morgan fingerprint density at radius 1 is 0.794 bits per heavy atom. The maximum atomic E-state index is 11.4. The lowest BCUT2D eigenvalue weighted by Gasteiger charge is -2.36.